The molecule has 3 aromatic rings. The Kier molecular flexibility index (Phi) is 4.55. The second-order valence-electron chi connectivity index (χ2n) is 8.52. The van der Waals surface area contributed by atoms with Crippen molar-refractivity contribution in [3.63, 3.8) is 0 Å². The number of allylic oxidation sites excluding steroid dienone is 2. The van der Waals surface area contributed by atoms with E-state index in [1.165, 1.54) is 18.0 Å². The third kappa shape index (κ3) is 3.27. The molecular weight excluding hydrogens is 410 g/mol. The summed E-state index contributed by atoms with van der Waals surface area (Å²) in [4.78, 5) is 24.4. The van der Waals surface area contributed by atoms with E-state index in [1.807, 2.05) is 50.2 Å². The van der Waals surface area contributed by atoms with Crippen molar-refractivity contribution in [2.24, 2.45) is 16.9 Å². The van der Waals surface area contributed by atoms with Crippen molar-refractivity contribution < 1.29 is 14.2 Å². The van der Waals surface area contributed by atoms with E-state index < -0.39 is 11.3 Å². The zero-order valence-electron chi connectivity index (χ0n) is 17.4. The number of H-pyrrole nitrogens is 1. The lowest BCUT2D eigenvalue weighted by molar-refractivity contribution is -0.405. The lowest BCUT2D eigenvalue weighted by Crippen LogP contribution is -2.77. The summed E-state index contributed by atoms with van der Waals surface area (Å²) in [5.74, 6) is 0.763. The van der Waals surface area contributed by atoms with Crippen LogP contribution in [0.25, 0.3) is 11.0 Å². The van der Waals surface area contributed by atoms with Gasteiger partial charge >= 0.3 is 0 Å². The van der Waals surface area contributed by atoms with Crippen LogP contribution in [0.2, 0.25) is 0 Å². The highest BCUT2D eigenvalue weighted by Gasteiger charge is 2.46. The SMILES string of the molecule is CC1(C)CCC2=C(C1=O)C(c1ccc(Sc3nc4ccccc4[nH]3)o1)/C(=C/N)C(N)=[NH+]2. The summed E-state index contributed by atoms with van der Waals surface area (Å²) in [6.45, 7) is 3.96. The molecule has 2 aliphatic rings. The van der Waals surface area contributed by atoms with Gasteiger partial charge in [-0.05, 0) is 42.4 Å². The van der Waals surface area contributed by atoms with Crippen molar-refractivity contribution in [1.82, 2.24) is 9.97 Å². The number of nitrogens with two attached hydrogens (primary N) is 2. The molecule has 1 atom stereocenters. The molecule has 1 aromatic carbocycles. The first-order chi connectivity index (χ1) is 14.9. The summed E-state index contributed by atoms with van der Waals surface area (Å²) in [5, 5.41) is 1.41. The molecule has 8 heteroatoms. The zero-order valence-corrected chi connectivity index (χ0v) is 18.2. The van der Waals surface area contributed by atoms with Crippen LogP contribution in [0.4, 0.5) is 0 Å². The van der Waals surface area contributed by atoms with Gasteiger partial charge in [0.15, 0.2) is 16.0 Å². The van der Waals surface area contributed by atoms with E-state index in [4.69, 9.17) is 15.9 Å². The number of aromatic nitrogens is 2. The van der Waals surface area contributed by atoms with E-state index in [0.717, 1.165) is 34.7 Å². The Morgan fingerprint density at radius 2 is 2.10 bits per heavy atom. The molecule has 1 aliphatic heterocycles. The van der Waals surface area contributed by atoms with Gasteiger partial charge in [0, 0.05) is 18.0 Å². The number of imidazole rings is 1. The molecule has 0 saturated carbocycles. The first-order valence-corrected chi connectivity index (χ1v) is 11.0. The van der Waals surface area contributed by atoms with Crippen LogP contribution in [0.15, 0.2) is 74.1 Å². The molecule has 3 heterocycles. The Hall–Kier alpha value is -3.26. The number of Topliss-reactive ketones (excluding diaryl/α,β-unsaturated/α-hetero) is 1. The Bertz CT molecular complexity index is 1260. The Labute approximate surface area is 183 Å². The van der Waals surface area contributed by atoms with Crippen LogP contribution < -0.4 is 16.5 Å². The third-order valence-electron chi connectivity index (χ3n) is 6.01. The van der Waals surface area contributed by atoms with Gasteiger partial charge in [-0.25, -0.2) is 9.98 Å². The lowest BCUT2D eigenvalue weighted by Gasteiger charge is -2.34. The number of hydrogen-bond donors (Lipinski definition) is 4. The molecular formula is C23H24N5O2S+. The number of amidine groups is 1. The van der Waals surface area contributed by atoms with Crippen LogP contribution in [0, 0.1) is 5.41 Å². The summed E-state index contributed by atoms with van der Waals surface area (Å²) >= 11 is 1.40. The minimum absolute atomic E-state index is 0.0981. The van der Waals surface area contributed by atoms with E-state index >= 15 is 0 Å². The molecule has 6 N–H and O–H groups in total. The standard InChI is InChI=1S/C23H23N5O2S/c1-23(2)10-9-15-19(20(23)29)18(12(11-24)21(25)26-15)16-7-8-17(30-16)31-22-27-13-5-3-4-6-14(13)28-22/h3-8,11,18H,9-10,24H2,1-2H3,(H2,25,26)(H,27,28)/p+1/b12-11-. The normalized spacial score (nSPS) is 22.1. The van der Waals surface area contributed by atoms with E-state index in [1.54, 1.807) is 0 Å². The molecule has 0 radical (unpaired) electrons. The van der Waals surface area contributed by atoms with Gasteiger partial charge in [0.2, 0.25) is 0 Å². The summed E-state index contributed by atoms with van der Waals surface area (Å²) in [7, 11) is 0. The second kappa shape index (κ2) is 7.16. The minimum atomic E-state index is -0.441. The number of furan rings is 1. The van der Waals surface area contributed by atoms with E-state index in [2.05, 4.69) is 15.0 Å². The third-order valence-corrected chi connectivity index (χ3v) is 6.82. The average molecular weight is 435 g/mol. The maximum Gasteiger partial charge on any atom is 0.276 e. The molecule has 5 rings (SSSR count). The average Bonchev–Trinajstić information content (AvgIpc) is 3.36. The van der Waals surface area contributed by atoms with E-state index in [-0.39, 0.29) is 5.78 Å². The molecule has 1 unspecified atom stereocenters. The monoisotopic (exact) mass is 434 g/mol. The first-order valence-electron chi connectivity index (χ1n) is 10.2. The quantitative estimate of drug-likeness (QED) is 0.501. The summed E-state index contributed by atoms with van der Waals surface area (Å²) < 4.78 is 6.19. The van der Waals surface area contributed by atoms with Crippen LogP contribution in [-0.4, -0.2) is 21.6 Å². The molecule has 0 amide bonds. The number of benzene rings is 1. The van der Waals surface area contributed by atoms with Crippen LogP contribution in [0.1, 0.15) is 38.4 Å². The van der Waals surface area contributed by atoms with Crippen LogP contribution in [0.5, 0.6) is 0 Å². The number of nitrogens with zero attached hydrogens (tertiary/aromatic N) is 1. The molecule has 0 bridgehead atoms. The van der Waals surface area contributed by atoms with E-state index in [0.29, 0.717) is 27.8 Å². The number of nitrogens with one attached hydrogen (secondary N) is 2. The molecule has 2 aromatic heterocycles. The summed E-state index contributed by atoms with van der Waals surface area (Å²) in [6.07, 6.45) is 2.98. The maximum atomic E-state index is 13.4. The number of ketones is 1. The van der Waals surface area contributed by atoms with Gasteiger partial charge in [0.25, 0.3) is 5.84 Å². The molecule has 0 saturated heterocycles. The zero-order chi connectivity index (χ0) is 21.8. The Morgan fingerprint density at radius 3 is 2.87 bits per heavy atom. The van der Waals surface area contributed by atoms with Crippen LogP contribution in [-0.2, 0) is 4.79 Å². The van der Waals surface area contributed by atoms with Gasteiger partial charge in [-0.15, -0.1) is 0 Å². The van der Waals surface area contributed by atoms with Gasteiger partial charge in [0.05, 0.1) is 28.1 Å². The van der Waals surface area contributed by atoms with Crippen molar-refractivity contribution in [2.75, 3.05) is 0 Å². The van der Waals surface area contributed by atoms with Crippen LogP contribution in [0.3, 0.4) is 0 Å². The fourth-order valence-electron chi connectivity index (χ4n) is 4.27. The molecule has 158 valence electrons. The van der Waals surface area contributed by atoms with Crippen molar-refractivity contribution >= 4 is 34.4 Å². The highest BCUT2D eigenvalue weighted by Crippen LogP contribution is 2.44. The number of rotatable bonds is 3. The fraction of sp³-hybridized carbons (Fsp3) is 0.261. The van der Waals surface area contributed by atoms with Gasteiger partial charge in [-0.2, -0.15) is 0 Å². The first kappa shape index (κ1) is 19.7. The highest BCUT2D eigenvalue weighted by atomic mass is 32.2. The van der Waals surface area contributed by atoms with Crippen LogP contribution >= 0.6 is 11.8 Å². The predicted octanol–water partition coefficient (Wildman–Crippen LogP) is 2.33. The van der Waals surface area contributed by atoms with Crippen molar-refractivity contribution in [1.29, 1.82) is 0 Å². The van der Waals surface area contributed by atoms with Crippen molar-refractivity contribution in [3.8, 4) is 0 Å². The second-order valence-corrected chi connectivity index (χ2v) is 9.51. The smallest absolute Gasteiger partial charge is 0.276 e. The topological polar surface area (TPSA) is 125 Å². The largest absolute Gasteiger partial charge is 0.453 e. The number of carbonyl (C=O) groups is 1. The number of fused-ring (bicyclic) bond motifs is 1. The molecule has 7 nitrogen and oxygen atoms in total. The van der Waals surface area contributed by atoms with E-state index in [9.17, 15) is 4.79 Å². The Morgan fingerprint density at radius 1 is 1.29 bits per heavy atom. The summed E-state index contributed by atoms with van der Waals surface area (Å²) in [6, 6.07) is 11.6. The summed E-state index contributed by atoms with van der Waals surface area (Å²) in [5.41, 5.74) is 15.8. The highest BCUT2D eigenvalue weighted by molar-refractivity contribution is 7.99. The fourth-order valence-corrected chi connectivity index (χ4v) is 5.04. The maximum absolute atomic E-state index is 13.4. The van der Waals surface area contributed by atoms with Crippen molar-refractivity contribution in [3.05, 3.63) is 65.2 Å². The van der Waals surface area contributed by atoms with Crippen molar-refractivity contribution in [2.45, 2.75) is 42.9 Å². The lowest BCUT2D eigenvalue weighted by atomic mass is 9.68. The number of aromatic amines is 1. The number of hydrogen-bond acceptors (Lipinski definition) is 6. The number of para-hydroxylation sites is 2. The van der Waals surface area contributed by atoms with Gasteiger partial charge in [-0.1, -0.05) is 26.0 Å². The molecule has 0 fully saturated rings. The molecule has 31 heavy (non-hydrogen) atoms. The van der Waals surface area contributed by atoms with Gasteiger partial charge in [-0.3, -0.25) is 10.5 Å². The van der Waals surface area contributed by atoms with Gasteiger partial charge < -0.3 is 15.1 Å². The number of carbonyl (C=O) groups excluding carboxylic acids is 1. The molecule has 0 spiro atoms. The van der Waals surface area contributed by atoms with Gasteiger partial charge in [0.1, 0.15) is 11.5 Å². The minimum Gasteiger partial charge on any atom is -0.453 e. The Balaban J connectivity index is 1.52. The predicted molar refractivity (Wildman–Crippen MR) is 119 cm³/mol. The molecule has 1 aliphatic carbocycles.